The third-order valence-corrected chi connectivity index (χ3v) is 3.39. The maximum Gasteiger partial charge on any atom is 0.215 e. The molecule has 0 unspecified atom stereocenters. The van der Waals surface area contributed by atoms with E-state index in [1.807, 2.05) is 24.3 Å². The monoisotopic (exact) mass is 325 g/mol. The Morgan fingerprint density at radius 2 is 2.17 bits per heavy atom. The number of hydrogen-bond acceptors (Lipinski definition) is 6. The second-order valence-electron chi connectivity index (χ2n) is 5.04. The number of methoxy groups -OCH3 is 1. The standard InChI is InChI=1S/C17H15N3O4/c1-23-13-4-2-11(3-5-13)6-14-7-12(9-24-14)15(21)8-16(22)17-18-10-19-20-17/h2-5,7-10,22H,6H2,1H3,(H,18,19,20). The Morgan fingerprint density at radius 3 is 2.83 bits per heavy atom. The van der Waals surface area contributed by atoms with E-state index in [1.54, 1.807) is 13.2 Å². The highest BCUT2D eigenvalue weighted by Crippen LogP contribution is 2.18. The number of furan rings is 1. The van der Waals surface area contributed by atoms with Crippen LogP contribution in [0.25, 0.3) is 5.76 Å². The van der Waals surface area contributed by atoms with Crippen LogP contribution in [0.5, 0.6) is 5.75 Å². The second-order valence-corrected chi connectivity index (χ2v) is 5.04. The maximum absolute atomic E-state index is 12.1. The van der Waals surface area contributed by atoms with Gasteiger partial charge in [0.2, 0.25) is 5.82 Å². The molecule has 0 saturated heterocycles. The lowest BCUT2D eigenvalue weighted by Gasteiger charge is -2.01. The van der Waals surface area contributed by atoms with E-state index in [1.165, 1.54) is 12.6 Å². The number of nitrogens with one attached hydrogen (secondary N) is 1. The zero-order chi connectivity index (χ0) is 16.9. The highest BCUT2D eigenvalue weighted by molar-refractivity contribution is 6.07. The van der Waals surface area contributed by atoms with Gasteiger partial charge in [0.25, 0.3) is 0 Å². The summed E-state index contributed by atoms with van der Waals surface area (Å²) >= 11 is 0. The summed E-state index contributed by atoms with van der Waals surface area (Å²) < 4.78 is 10.5. The fraction of sp³-hybridized carbons (Fsp3) is 0.118. The predicted octanol–water partition coefficient (Wildman–Crippen LogP) is 2.78. The molecule has 2 N–H and O–H groups in total. The van der Waals surface area contributed by atoms with Gasteiger partial charge in [-0.3, -0.25) is 9.89 Å². The van der Waals surface area contributed by atoms with Gasteiger partial charge in [-0.2, -0.15) is 5.10 Å². The molecule has 3 rings (SSSR count). The van der Waals surface area contributed by atoms with E-state index in [2.05, 4.69) is 15.2 Å². The summed E-state index contributed by atoms with van der Waals surface area (Å²) in [6.45, 7) is 0. The minimum Gasteiger partial charge on any atom is -0.504 e. The molecule has 0 bridgehead atoms. The van der Waals surface area contributed by atoms with Gasteiger partial charge in [0.05, 0.1) is 12.7 Å². The van der Waals surface area contributed by atoms with E-state index in [9.17, 15) is 9.90 Å². The van der Waals surface area contributed by atoms with Crippen LogP contribution in [-0.4, -0.2) is 33.2 Å². The summed E-state index contributed by atoms with van der Waals surface area (Å²) in [5.41, 5.74) is 1.38. The van der Waals surface area contributed by atoms with Gasteiger partial charge < -0.3 is 14.3 Å². The van der Waals surface area contributed by atoms with Crippen molar-refractivity contribution < 1.29 is 19.1 Å². The van der Waals surface area contributed by atoms with E-state index >= 15 is 0 Å². The van der Waals surface area contributed by atoms with Gasteiger partial charge in [-0.25, -0.2) is 4.98 Å². The molecule has 2 aromatic heterocycles. The number of nitrogens with zero attached hydrogens (tertiary/aromatic N) is 2. The summed E-state index contributed by atoms with van der Waals surface area (Å²) in [5.74, 6) is 0.794. The molecule has 2 heterocycles. The third kappa shape index (κ3) is 3.52. The number of carbonyl (C=O) groups excluding carboxylic acids is 1. The molecule has 0 fully saturated rings. The first-order valence-electron chi connectivity index (χ1n) is 7.17. The highest BCUT2D eigenvalue weighted by Gasteiger charge is 2.12. The third-order valence-electron chi connectivity index (χ3n) is 3.39. The number of ether oxygens (including phenoxy) is 1. The molecule has 0 saturated carbocycles. The van der Waals surface area contributed by atoms with Gasteiger partial charge in [-0.15, -0.1) is 0 Å². The average molecular weight is 325 g/mol. The predicted molar refractivity (Wildman–Crippen MR) is 85.8 cm³/mol. The van der Waals surface area contributed by atoms with Crippen molar-refractivity contribution >= 4 is 11.5 Å². The smallest absolute Gasteiger partial charge is 0.215 e. The molecule has 0 radical (unpaired) electrons. The topological polar surface area (TPSA) is 101 Å². The van der Waals surface area contributed by atoms with Crippen LogP contribution in [0.2, 0.25) is 0 Å². The van der Waals surface area contributed by atoms with E-state index < -0.39 is 0 Å². The number of allylic oxidation sites excluding steroid dienone is 1. The molecule has 24 heavy (non-hydrogen) atoms. The molecule has 0 spiro atoms. The summed E-state index contributed by atoms with van der Waals surface area (Å²) in [4.78, 5) is 15.9. The van der Waals surface area contributed by atoms with Gasteiger partial charge in [-0.1, -0.05) is 12.1 Å². The first kappa shape index (κ1) is 15.5. The number of hydrogen-bond donors (Lipinski definition) is 2. The van der Waals surface area contributed by atoms with Crippen molar-refractivity contribution in [2.75, 3.05) is 7.11 Å². The summed E-state index contributed by atoms with van der Waals surface area (Å²) in [5, 5.41) is 15.9. The van der Waals surface area contributed by atoms with Crippen molar-refractivity contribution in [1.82, 2.24) is 15.2 Å². The first-order valence-corrected chi connectivity index (χ1v) is 7.17. The van der Waals surface area contributed by atoms with Crippen LogP contribution in [0.3, 0.4) is 0 Å². The number of aromatic nitrogens is 3. The Hall–Kier alpha value is -3.35. The quantitative estimate of drug-likeness (QED) is 0.410. The van der Waals surface area contributed by atoms with Crippen LogP contribution in [0.4, 0.5) is 0 Å². The van der Waals surface area contributed by atoms with Crippen LogP contribution < -0.4 is 4.74 Å². The highest BCUT2D eigenvalue weighted by atomic mass is 16.5. The van der Waals surface area contributed by atoms with Crippen LogP contribution in [-0.2, 0) is 6.42 Å². The molecule has 0 aliphatic heterocycles. The van der Waals surface area contributed by atoms with Gasteiger partial charge in [0.1, 0.15) is 24.1 Å². The Bertz CT molecular complexity index is 848. The molecule has 0 aliphatic carbocycles. The molecule has 3 aromatic rings. The lowest BCUT2D eigenvalue weighted by molar-refractivity contribution is 0.104. The number of ketones is 1. The van der Waals surface area contributed by atoms with Gasteiger partial charge >= 0.3 is 0 Å². The van der Waals surface area contributed by atoms with E-state index in [0.717, 1.165) is 17.4 Å². The Morgan fingerprint density at radius 1 is 1.38 bits per heavy atom. The number of H-pyrrole nitrogens is 1. The van der Waals surface area contributed by atoms with Crippen molar-refractivity contribution in [2.24, 2.45) is 0 Å². The zero-order valence-corrected chi connectivity index (χ0v) is 12.9. The van der Waals surface area contributed by atoms with Gasteiger partial charge in [0, 0.05) is 12.5 Å². The number of benzene rings is 1. The van der Waals surface area contributed by atoms with Crippen molar-refractivity contribution in [3.63, 3.8) is 0 Å². The van der Waals surface area contributed by atoms with E-state index in [-0.39, 0.29) is 17.4 Å². The van der Waals surface area contributed by atoms with Crippen molar-refractivity contribution in [3.8, 4) is 5.75 Å². The molecule has 7 nitrogen and oxygen atoms in total. The number of aromatic amines is 1. The maximum atomic E-state index is 12.1. The van der Waals surface area contributed by atoms with Crippen molar-refractivity contribution in [1.29, 1.82) is 0 Å². The average Bonchev–Trinajstić information content (AvgIpc) is 3.27. The van der Waals surface area contributed by atoms with Crippen LogP contribution >= 0.6 is 0 Å². The largest absolute Gasteiger partial charge is 0.504 e. The minimum atomic E-state index is -0.387. The van der Waals surface area contributed by atoms with E-state index in [4.69, 9.17) is 9.15 Å². The first-order chi connectivity index (χ1) is 11.7. The van der Waals surface area contributed by atoms with Crippen LogP contribution in [0.15, 0.2) is 53.4 Å². The van der Waals surface area contributed by atoms with Crippen LogP contribution in [0.1, 0.15) is 27.5 Å². The molecule has 0 aliphatic rings. The summed E-state index contributed by atoms with van der Waals surface area (Å²) in [6, 6.07) is 9.23. The Labute approximate surface area is 137 Å². The van der Waals surface area contributed by atoms with Gasteiger partial charge in [-0.05, 0) is 23.8 Å². The number of carbonyl (C=O) groups is 1. The fourth-order valence-corrected chi connectivity index (χ4v) is 2.15. The van der Waals surface area contributed by atoms with Gasteiger partial charge in [0.15, 0.2) is 11.5 Å². The van der Waals surface area contributed by atoms with Crippen LogP contribution in [0, 0.1) is 0 Å². The number of rotatable bonds is 6. The SMILES string of the molecule is COc1ccc(Cc2cc(C(=O)C=C(O)c3nc[nH]n3)co2)cc1. The molecule has 1 aromatic carbocycles. The van der Waals surface area contributed by atoms with E-state index in [0.29, 0.717) is 17.7 Å². The van der Waals surface area contributed by atoms with Crippen molar-refractivity contribution in [3.05, 3.63) is 71.7 Å². The zero-order valence-electron chi connectivity index (χ0n) is 12.9. The lowest BCUT2D eigenvalue weighted by Crippen LogP contribution is -1.96. The summed E-state index contributed by atoms with van der Waals surface area (Å²) in [6.07, 6.45) is 4.29. The molecular weight excluding hydrogens is 310 g/mol. The summed E-state index contributed by atoms with van der Waals surface area (Å²) in [7, 11) is 1.61. The number of aliphatic hydroxyl groups excluding tert-OH is 1. The molecule has 0 amide bonds. The molecule has 122 valence electrons. The fourth-order valence-electron chi connectivity index (χ4n) is 2.15. The van der Waals surface area contributed by atoms with Crippen molar-refractivity contribution in [2.45, 2.75) is 6.42 Å². The Kier molecular flexibility index (Phi) is 4.42. The minimum absolute atomic E-state index is 0.0605. The normalized spacial score (nSPS) is 11.5. The Balaban J connectivity index is 1.70. The molecular formula is C17H15N3O4. The lowest BCUT2D eigenvalue weighted by atomic mass is 10.1. The molecule has 7 heteroatoms. The second kappa shape index (κ2) is 6.82. The molecule has 0 atom stereocenters. The number of aliphatic hydroxyl groups is 1.